The molecule has 5 N–H and O–H groups in total. The number of aromatic nitrogens is 2. The zero-order valence-corrected chi connectivity index (χ0v) is 8.07. The first-order valence-corrected chi connectivity index (χ1v) is 4.10. The Kier molecular flexibility index (Phi) is 3.24. The van der Waals surface area contributed by atoms with Crippen molar-refractivity contribution >= 4 is 17.6 Å². The minimum Gasteiger partial charge on any atom is -0.368 e. The van der Waals surface area contributed by atoms with Crippen LogP contribution in [0.4, 0.5) is 17.6 Å². The Balaban J connectivity index is 2.96. The van der Waals surface area contributed by atoms with Gasteiger partial charge in [-0.2, -0.15) is 9.97 Å². The van der Waals surface area contributed by atoms with Gasteiger partial charge >= 0.3 is 0 Å². The van der Waals surface area contributed by atoms with Gasteiger partial charge in [-0.3, -0.25) is 0 Å². The summed E-state index contributed by atoms with van der Waals surface area (Å²) in [5.74, 6) is 6.60. The normalized spacial score (nSPS) is 9.57. The molecule has 76 valence electrons. The topological polar surface area (TPSA) is 93.1 Å². The van der Waals surface area contributed by atoms with Crippen molar-refractivity contribution in [3.8, 4) is 0 Å². The molecule has 6 heteroatoms. The summed E-state index contributed by atoms with van der Waals surface area (Å²) in [4.78, 5) is 9.80. The van der Waals surface area contributed by atoms with Crippen molar-refractivity contribution in [2.24, 2.45) is 5.84 Å². The molecule has 6 nitrogen and oxygen atoms in total. The molecule has 0 bridgehead atoms. The van der Waals surface area contributed by atoms with Crippen LogP contribution < -0.4 is 21.9 Å². The predicted octanol–water partition coefficient (Wildman–Crippen LogP) is -0.0334. The number of hydrazine groups is 1. The SMILES string of the molecule is C=CCN(C)c1cc(NN)nc(N)n1. The molecule has 1 heterocycles. The first-order valence-electron chi connectivity index (χ1n) is 4.10. The summed E-state index contributed by atoms with van der Waals surface area (Å²) in [6.07, 6.45) is 1.77. The molecule has 0 saturated heterocycles. The standard InChI is InChI=1S/C8H14N6/c1-3-4-14(2)7-5-6(13-10)11-8(9)12-7/h3,5H,1,4,10H2,2H3,(H3,9,11,12,13). The zero-order valence-electron chi connectivity index (χ0n) is 8.07. The number of nitrogen functional groups attached to an aromatic ring is 2. The number of nitrogens with zero attached hydrogens (tertiary/aromatic N) is 3. The molecular weight excluding hydrogens is 180 g/mol. The maximum Gasteiger partial charge on any atom is 0.223 e. The van der Waals surface area contributed by atoms with Gasteiger partial charge in [-0.05, 0) is 0 Å². The van der Waals surface area contributed by atoms with Crippen molar-refractivity contribution in [1.82, 2.24) is 9.97 Å². The van der Waals surface area contributed by atoms with Crippen molar-refractivity contribution < 1.29 is 0 Å². The predicted molar refractivity (Wildman–Crippen MR) is 57.7 cm³/mol. The van der Waals surface area contributed by atoms with Crippen molar-refractivity contribution in [2.45, 2.75) is 0 Å². The molecule has 14 heavy (non-hydrogen) atoms. The zero-order chi connectivity index (χ0) is 10.6. The van der Waals surface area contributed by atoms with Gasteiger partial charge in [0.1, 0.15) is 11.6 Å². The summed E-state index contributed by atoms with van der Waals surface area (Å²) >= 11 is 0. The molecule has 0 radical (unpaired) electrons. The summed E-state index contributed by atoms with van der Waals surface area (Å²) < 4.78 is 0. The molecule has 1 aromatic rings. The number of nitrogens with one attached hydrogen (secondary N) is 1. The van der Waals surface area contributed by atoms with Crippen LogP contribution in [0.3, 0.4) is 0 Å². The lowest BCUT2D eigenvalue weighted by Crippen LogP contribution is -2.20. The second-order valence-electron chi connectivity index (χ2n) is 2.78. The van der Waals surface area contributed by atoms with E-state index in [9.17, 15) is 0 Å². The number of hydrogen-bond acceptors (Lipinski definition) is 6. The Morgan fingerprint density at radius 1 is 1.64 bits per heavy atom. The fourth-order valence-corrected chi connectivity index (χ4v) is 1.01. The molecule has 0 aliphatic rings. The minimum absolute atomic E-state index is 0.186. The quantitative estimate of drug-likeness (QED) is 0.354. The monoisotopic (exact) mass is 194 g/mol. The third kappa shape index (κ3) is 2.33. The van der Waals surface area contributed by atoms with Crippen LogP contribution in [0, 0.1) is 0 Å². The fraction of sp³-hybridized carbons (Fsp3) is 0.250. The summed E-state index contributed by atoms with van der Waals surface area (Å²) in [7, 11) is 1.88. The highest BCUT2D eigenvalue weighted by atomic mass is 15.3. The molecular formula is C8H14N6. The first-order chi connectivity index (χ1) is 6.67. The van der Waals surface area contributed by atoms with E-state index in [2.05, 4.69) is 22.0 Å². The van der Waals surface area contributed by atoms with Crippen LogP contribution in [0.1, 0.15) is 0 Å². The van der Waals surface area contributed by atoms with E-state index in [-0.39, 0.29) is 5.95 Å². The summed E-state index contributed by atoms with van der Waals surface area (Å²) in [5.41, 5.74) is 7.92. The van der Waals surface area contributed by atoms with Gasteiger partial charge in [0, 0.05) is 19.7 Å². The van der Waals surface area contributed by atoms with E-state index in [1.807, 2.05) is 11.9 Å². The Hall–Kier alpha value is -1.82. The number of anilines is 3. The van der Waals surface area contributed by atoms with Gasteiger partial charge in [-0.15, -0.1) is 6.58 Å². The van der Waals surface area contributed by atoms with Gasteiger partial charge in [0.05, 0.1) is 0 Å². The number of nitrogens with two attached hydrogens (primary N) is 2. The highest BCUT2D eigenvalue weighted by Gasteiger charge is 2.04. The van der Waals surface area contributed by atoms with Crippen molar-refractivity contribution in [3.63, 3.8) is 0 Å². The van der Waals surface area contributed by atoms with E-state index < -0.39 is 0 Å². The third-order valence-electron chi connectivity index (χ3n) is 1.67. The molecule has 1 aromatic heterocycles. The Morgan fingerprint density at radius 2 is 2.36 bits per heavy atom. The molecule has 1 rings (SSSR count). The van der Waals surface area contributed by atoms with Crippen LogP contribution in [-0.2, 0) is 0 Å². The molecule has 0 spiro atoms. The average Bonchev–Trinajstić information content (AvgIpc) is 2.17. The van der Waals surface area contributed by atoms with Crippen LogP contribution in [-0.4, -0.2) is 23.6 Å². The van der Waals surface area contributed by atoms with Crippen LogP contribution in [0.15, 0.2) is 18.7 Å². The second kappa shape index (κ2) is 4.43. The van der Waals surface area contributed by atoms with E-state index in [0.29, 0.717) is 18.2 Å². The van der Waals surface area contributed by atoms with Gasteiger partial charge in [0.15, 0.2) is 0 Å². The van der Waals surface area contributed by atoms with Crippen LogP contribution in [0.2, 0.25) is 0 Å². The molecule has 0 unspecified atom stereocenters. The lowest BCUT2D eigenvalue weighted by atomic mass is 10.4. The lowest BCUT2D eigenvalue weighted by molar-refractivity contribution is 0.980. The van der Waals surface area contributed by atoms with Crippen LogP contribution in [0.25, 0.3) is 0 Å². The molecule has 0 aromatic carbocycles. The van der Waals surface area contributed by atoms with E-state index in [0.717, 1.165) is 0 Å². The largest absolute Gasteiger partial charge is 0.368 e. The third-order valence-corrected chi connectivity index (χ3v) is 1.67. The van der Waals surface area contributed by atoms with Crippen molar-refractivity contribution in [2.75, 3.05) is 29.7 Å². The van der Waals surface area contributed by atoms with Crippen LogP contribution in [0.5, 0.6) is 0 Å². The van der Waals surface area contributed by atoms with E-state index >= 15 is 0 Å². The number of rotatable bonds is 4. The van der Waals surface area contributed by atoms with E-state index in [1.165, 1.54) is 0 Å². The maximum absolute atomic E-state index is 5.50. The first kappa shape index (κ1) is 10.3. The molecule has 0 amide bonds. The highest BCUT2D eigenvalue weighted by molar-refractivity contribution is 5.51. The molecule has 0 atom stereocenters. The van der Waals surface area contributed by atoms with Crippen LogP contribution >= 0.6 is 0 Å². The number of likely N-dealkylation sites (N-methyl/N-ethyl adjacent to an activating group) is 1. The van der Waals surface area contributed by atoms with Gasteiger partial charge in [0.2, 0.25) is 5.95 Å². The molecule has 0 aliphatic heterocycles. The molecule has 0 saturated carbocycles. The molecule has 0 fully saturated rings. The van der Waals surface area contributed by atoms with Gasteiger partial charge in [-0.1, -0.05) is 6.08 Å². The lowest BCUT2D eigenvalue weighted by Gasteiger charge is -2.16. The van der Waals surface area contributed by atoms with Gasteiger partial charge in [0.25, 0.3) is 0 Å². The van der Waals surface area contributed by atoms with Gasteiger partial charge < -0.3 is 16.1 Å². The highest BCUT2D eigenvalue weighted by Crippen LogP contribution is 2.14. The van der Waals surface area contributed by atoms with E-state index in [4.69, 9.17) is 11.6 Å². The Labute approximate surface area is 82.6 Å². The Morgan fingerprint density at radius 3 is 2.93 bits per heavy atom. The van der Waals surface area contributed by atoms with Crippen molar-refractivity contribution in [3.05, 3.63) is 18.7 Å². The smallest absolute Gasteiger partial charge is 0.223 e. The fourth-order valence-electron chi connectivity index (χ4n) is 1.01. The number of hydrogen-bond donors (Lipinski definition) is 3. The average molecular weight is 194 g/mol. The van der Waals surface area contributed by atoms with Gasteiger partial charge in [-0.25, -0.2) is 5.84 Å². The summed E-state index contributed by atoms with van der Waals surface area (Å²) in [6.45, 7) is 4.32. The minimum atomic E-state index is 0.186. The van der Waals surface area contributed by atoms with E-state index in [1.54, 1.807) is 12.1 Å². The summed E-state index contributed by atoms with van der Waals surface area (Å²) in [6, 6.07) is 1.71. The van der Waals surface area contributed by atoms with Crippen molar-refractivity contribution in [1.29, 1.82) is 0 Å². The summed E-state index contributed by atoms with van der Waals surface area (Å²) in [5, 5.41) is 0. The Bertz CT molecular complexity index is 324. The second-order valence-corrected chi connectivity index (χ2v) is 2.78. The maximum atomic E-state index is 5.50. The molecule has 0 aliphatic carbocycles.